The van der Waals surface area contributed by atoms with Crippen molar-refractivity contribution >= 4 is 17.5 Å². The molecule has 2 amide bonds. The summed E-state index contributed by atoms with van der Waals surface area (Å²) >= 11 is 0. The number of amides is 2. The van der Waals surface area contributed by atoms with Gasteiger partial charge in [0.15, 0.2) is 0 Å². The van der Waals surface area contributed by atoms with Gasteiger partial charge in [0, 0.05) is 25.2 Å². The minimum atomic E-state index is -0.398. The molecule has 0 radical (unpaired) electrons. The van der Waals surface area contributed by atoms with Crippen LogP contribution in [0.5, 0.6) is 5.75 Å². The second-order valence-corrected chi connectivity index (χ2v) is 6.63. The number of halogens is 1. The highest BCUT2D eigenvalue weighted by molar-refractivity contribution is 6.00. The predicted molar refractivity (Wildman–Crippen MR) is 101 cm³/mol. The molecule has 0 spiro atoms. The van der Waals surface area contributed by atoms with Gasteiger partial charge < -0.3 is 15.0 Å². The van der Waals surface area contributed by atoms with Gasteiger partial charge in [-0.3, -0.25) is 9.59 Å². The van der Waals surface area contributed by atoms with Crippen LogP contribution in [0.2, 0.25) is 0 Å². The van der Waals surface area contributed by atoms with Crippen molar-refractivity contribution < 1.29 is 18.7 Å². The van der Waals surface area contributed by atoms with Crippen molar-refractivity contribution in [3.8, 4) is 5.75 Å². The van der Waals surface area contributed by atoms with Gasteiger partial charge in [-0.1, -0.05) is 12.1 Å². The summed E-state index contributed by atoms with van der Waals surface area (Å²) < 4.78 is 18.7. The Kier molecular flexibility index (Phi) is 5.74. The van der Waals surface area contributed by atoms with E-state index in [9.17, 15) is 14.0 Å². The summed E-state index contributed by atoms with van der Waals surface area (Å²) in [7, 11) is 0. The van der Waals surface area contributed by atoms with E-state index >= 15 is 0 Å². The van der Waals surface area contributed by atoms with Gasteiger partial charge >= 0.3 is 0 Å². The Morgan fingerprint density at radius 2 is 2.00 bits per heavy atom. The van der Waals surface area contributed by atoms with Crippen LogP contribution in [0.4, 0.5) is 10.1 Å². The van der Waals surface area contributed by atoms with E-state index in [1.807, 2.05) is 31.2 Å². The second-order valence-electron chi connectivity index (χ2n) is 6.63. The highest BCUT2D eigenvalue weighted by Gasteiger charge is 2.35. The second kappa shape index (κ2) is 8.20. The van der Waals surface area contributed by atoms with Crippen molar-refractivity contribution in [2.24, 2.45) is 5.92 Å². The molecule has 1 N–H and O–H groups in total. The van der Waals surface area contributed by atoms with E-state index in [-0.39, 0.29) is 24.1 Å². The van der Waals surface area contributed by atoms with Gasteiger partial charge in [0.2, 0.25) is 11.8 Å². The molecule has 0 saturated carbocycles. The number of benzene rings is 2. The third kappa shape index (κ3) is 4.45. The number of aryl methyl sites for hydroxylation is 1. The highest BCUT2D eigenvalue weighted by Crippen LogP contribution is 2.27. The molecular formula is C21H23FN2O3. The molecule has 1 heterocycles. The molecule has 2 aromatic rings. The van der Waals surface area contributed by atoms with Crippen LogP contribution >= 0.6 is 0 Å². The number of hydrogen-bond donors (Lipinski definition) is 1. The summed E-state index contributed by atoms with van der Waals surface area (Å²) in [4.78, 5) is 26.4. The maximum absolute atomic E-state index is 13.3. The SMILES string of the molecule is CCOc1ccc(N2C[C@@H](C(=O)NCc3ccc(F)c(C)c3)CC2=O)cc1. The molecule has 27 heavy (non-hydrogen) atoms. The summed E-state index contributed by atoms with van der Waals surface area (Å²) in [6.45, 7) is 4.84. The first-order chi connectivity index (χ1) is 13.0. The maximum Gasteiger partial charge on any atom is 0.227 e. The molecule has 1 fully saturated rings. The fourth-order valence-electron chi connectivity index (χ4n) is 3.17. The van der Waals surface area contributed by atoms with Crippen molar-refractivity contribution in [2.75, 3.05) is 18.1 Å². The van der Waals surface area contributed by atoms with Gasteiger partial charge in [-0.15, -0.1) is 0 Å². The van der Waals surface area contributed by atoms with Crippen LogP contribution in [0, 0.1) is 18.7 Å². The summed E-state index contributed by atoms with van der Waals surface area (Å²) in [6, 6.07) is 12.0. The molecule has 0 aliphatic carbocycles. The number of rotatable bonds is 6. The van der Waals surface area contributed by atoms with Gasteiger partial charge in [-0.05, 0) is 55.3 Å². The molecule has 5 nitrogen and oxygen atoms in total. The largest absolute Gasteiger partial charge is 0.494 e. The van der Waals surface area contributed by atoms with E-state index in [1.54, 1.807) is 24.0 Å². The Hall–Kier alpha value is -2.89. The summed E-state index contributed by atoms with van der Waals surface area (Å²) in [5.74, 6) is -0.157. The third-order valence-corrected chi connectivity index (χ3v) is 4.64. The van der Waals surface area contributed by atoms with Gasteiger partial charge in [-0.25, -0.2) is 4.39 Å². The minimum absolute atomic E-state index is 0.0723. The molecule has 142 valence electrons. The molecule has 1 saturated heterocycles. The molecule has 1 atom stereocenters. The molecule has 6 heteroatoms. The predicted octanol–water partition coefficient (Wildman–Crippen LogP) is 3.20. The molecule has 0 aromatic heterocycles. The zero-order chi connectivity index (χ0) is 19.4. The standard InChI is InChI=1S/C21H23FN2O3/c1-3-27-18-7-5-17(6-8-18)24-13-16(11-20(24)25)21(26)23-12-15-4-9-19(22)14(2)10-15/h4-10,16H,3,11-13H2,1-2H3,(H,23,26)/t16-/m0/s1. The van der Waals surface area contributed by atoms with Crippen molar-refractivity contribution in [3.63, 3.8) is 0 Å². The summed E-state index contributed by atoms with van der Waals surface area (Å²) in [5.41, 5.74) is 2.13. The lowest BCUT2D eigenvalue weighted by Gasteiger charge is -2.17. The lowest BCUT2D eigenvalue weighted by atomic mass is 10.1. The number of nitrogens with one attached hydrogen (secondary N) is 1. The van der Waals surface area contributed by atoms with Crippen LogP contribution in [-0.2, 0) is 16.1 Å². The van der Waals surface area contributed by atoms with Crippen LogP contribution in [0.25, 0.3) is 0 Å². The van der Waals surface area contributed by atoms with Crippen molar-refractivity contribution in [3.05, 3.63) is 59.4 Å². The fraction of sp³-hybridized carbons (Fsp3) is 0.333. The van der Waals surface area contributed by atoms with Crippen LogP contribution in [0.3, 0.4) is 0 Å². The molecule has 3 rings (SSSR count). The Balaban J connectivity index is 1.59. The zero-order valence-electron chi connectivity index (χ0n) is 15.5. The quantitative estimate of drug-likeness (QED) is 0.850. The van der Waals surface area contributed by atoms with Gasteiger partial charge in [-0.2, -0.15) is 0 Å². The fourth-order valence-corrected chi connectivity index (χ4v) is 3.17. The van der Waals surface area contributed by atoms with E-state index in [0.29, 0.717) is 25.3 Å². The monoisotopic (exact) mass is 370 g/mol. The molecule has 0 unspecified atom stereocenters. The Labute approximate surface area is 158 Å². The average molecular weight is 370 g/mol. The van der Waals surface area contributed by atoms with Crippen LogP contribution in [0.15, 0.2) is 42.5 Å². The highest BCUT2D eigenvalue weighted by atomic mass is 19.1. The van der Waals surface area contributed by atoms with E-state index in [0.717, 1.165) is 17.0 Å². The molecule has 1 aliphatic heterocycles. The molecule has 0 bridgehead atoms. The van der Waals surface area contributed by atoms with Crippen molar-refractivity contribution in [1.82, 2.24) is 5.32 Å². The van der Waals surface area contributed by atoms with Crippen molar-refractivity contribution in [2.45, 2.75) is 26.8 Å². The topological polar surface area (TPSA) is 58.6 Å². The lowest BCUT2D eigenvalue weighted by Crippen LogP contribution is -2.32. The van der Waals surface area contributed by atoms with E-state index < -0.39 is 5.92 Å². The first kappa shape index (κ1) is 18.9. The molecule has 2 aromatic carbocycles. The summed E-state index contributed by atoms with van der Waals surface area (Å²) in [5, 5.41) is 2.85. The average Bonchev–Trinajstić information content (AvgIpc) is 3.05. The summed E-state index contributed by atoms with van der Waals surface area (Å²) in [6.07, 6.45) is 0.182. The first-order valence-corrected chi connectivity index (χ1v) is 9.04. The van der Waals surface area contributed by atoms with Gasteiger partial charge in [0.1, 0.15) is 11.6 Å². The number of nitrogens with zero attached hydrogens (tertiary/aromatic N) is 1. The van der Waals surface area contributed by atoms with Crippen molar-refractivity contribution in [1.29, 1.82) is 0 Å². The Bertz CT molecular complexity index is 836. The van der Waals surface area contributed by atoms with Crippen LogP contribution in [-0.4, -0.2) is 25.0 Å². The number of carbonyl (C=O) groups excluding carboxylic acids is 2. The van der Waals surface area contributed by atoms with Gasteiger partial charge in [0.25, 0.3) is 0 Å². The number of hydrogen-bond acceptors (Lipinski definition) is 3. The van der Waals surface area contributed by atoms with E-state index in [4.69, 9.17) is 4.74 Å². The zero-order valence-corrected chi connectivity index (χ0v) is 15.5. The number of ether oxygens (including phenoxy) is 1. The minimum Gasteiger partial charge on any atom is -0.494 e. The maximum atomic E-state index is 13.3. The number of carbonyl (C=O) groups is 2. The van der Waals surface area contributed by atoms with E-state index in [2.05, 4.69) is 5.32 Å². The Morgan fingerprint density at radius 3 is 2.67 bits per heavy atom. The number of anilines is 1. The smallest absolute Gasteiger partial charge is 0.227 e. The van der Waals surface area contributed by atoms with Crippen LogP contribution in [0.1, 0.15) is 24.5 Å². The third-order valence-electron chi connectivity index (χ3n) is 4.64. The lowest BCUT2D eigenvalue weighted by molar-refractivity contribution is -0.126. The molecular weight excluding hydrogens is 347 g/mol. The normalized spacial score (nSPS) is 16.5. The first-order valence-electron chi connectivity index (χ1n) is 9.04. The Morgan fingerprint density at radius 1 is 1.26 bits per heavy atom. The van der Waals surface area contributed by atoms with Crippen LogP contribution < -0.4 is 15.0 Å². The van der Waals surface area contributed by atoms with E-state index in [1.165, 1.54) is 6.07 Å². The molecule has 1 aliphatic rings. The van der Waals surface area contributed by atoms with Gasteiger partial charge in [0.05, 0.1) is 12.5 Å².